The SMILES string of the molecule is O=C(NCC(F)(F)CO)c1cc2ccccc2o1. The number of para-hydroxylation sites is 1. The van der Waals surface area contributed by atoms with Crippen LogP contribution in [0.4, 0.5) is 8.78 Å². The van der Waals surface area contributed by atoms with Gasteiger partial charge in [0.15, 0.2) is 5.76 Å². The molecule has 6 heteroatoms. The molecule has 1 aromatic heterocycles. The van der Waals surface area contributed by atoms with Gasteiger partial charge in [0.05, 0.1) is 6.54 Å². The summed E-state index contributed by atoms with van der Waals surface area (Å²) in [5, 5.41) is 11.1. The van der Waals surface area contributed by atoms with Gasteiger partial charge in [-0.25, -0.2) is 8.78 Å². The van der Waals surface area contributed by atoms with Crippen LogP contribution in [0.5, 0.6) is 0 Å². The number of carbonyl (C=O) groups excluding carboxylic acids is 1. The van der Waals surface area contributed by atoms with E-state index in [0.717, 1.165) is 5.39 Å². The van der Waals surface area contributed by atoms with Crippen LogP contribution < -0.4 is 5.32 Å². The van der Waals surface area contributed by atoms with E-state index in [2.05, 4.69) is 0 Å². The Labute approximate surface area is 101 Å². The molecular formula is C12H11F2NO3. The summed E-state index contributed by atoms with van der Waals surface area (Å²) in [4.78, 5) is 11.6. The number of carbonyl (C=O) groups is 1. The Kier molecular flexibility index (Phi) is 3.29. The molecule has 0 fully saturated rings. The molecule has 96 valence electrons. The van der Waals surface area contributed by atoms with Gasteiger partial charge in [-0.2, -0.15) is 0 Å². The second-order valence-electron chi connectivity index (χ2n) is 3.85. The van der Waals surface area contributed by atoms with Gasteiger partial charge in [-0.05, 0) is 12.1 Å². The highest BCUT2D eigenvalue weighted by molar-refractivity contribution is 5.96. The fourth-order valence-electron chi connectivity index (χ4n) is 1.45. The van der Waals surface area contributed by atoms with Crippen LogP contribution in [0.2, 0.25) is 0 Å². The molecule has 2 rings (SSSR count). The Bertz CT molecular complexity index is 532. The molecule has 0 bridgehead atoms. The quantitative estimate of drug-likeness (QED) is 0.875. The van der Waals surface area contributed by atoms with Crippen LogP contribution in [0.25, 0.3) is 11.0 Å². The van der Waals surface area contributed by atoms with E-state index in [-0.39, 0.29) is 5.76 Å². The molecule has 18 heavy (non-hydrogen) atoms. The molecule has 0 atom stereocenters. The normalized spacial score (nSPS) is 11.7. The number of aliphatic hydroxyl groups excluding tert-OH is 1. The Morgan fingerprint density at radius 3 is 2.78 bits per heavy atom. The van der Waals surface area contributed by atoms with Crippen molar-refractivity contribution in [1.29, 1.82) is 0 Å². The van der Waals surface area contributed by atoms with Crippen LogP contribution >= 0.6 is 0 Å². The molecule has 0 saturated heterocycles. The molecule has 0 aliphatic heterocycles. The monoisotopic (exact) mass is 255 g/mol. The summed E-state index contributed by atoms with van der Waals surface area (Å²) in [5.74, 6) is -4.11. The van der Waals surface area contributed by atoms with E-state index in [1.807, 2.05) is 5.32 Å². The summed E-state index contributed by atoms with van der Waals surface area (Å²) in [6, 6.07) is 8.42. The maximum Gasteiger partial charge on any atom is 0.287 e. The van der Waals surface area contributed by atoms with E-state index in [0.29, 0.717) is 5.58 Å². The zero-order valence-electron chi connectivity index (χ0n) is 9.32. The molecule has 0 aliphatic rings. The van der Waals surface area contributed by atoms with Crippen molar-refractivity contribution in [3.8, 4) is 0 Å². The van der Waals surface area contributed by atoms with Crippen molar-refractivity contribution in [2.45, 2.75) is 5.92 Å². The number of rotatable bonds is 4. The van der Waals surface area contributed by atoms with E-state index in [1.165, 1.54) is 6.07 Å². The summed E-state index contributed by atoms with van der Waals surface area (Å²) in [7, 11) is 0. The van der Waals surface area contributed by atoms with Gasteiger partial charge >= 0.3 is 0 Å². The maximum atomic E-state index is 12.7. The molecule has 0 saturated carbocycles. The number of benzene rings is 1. The van der Waals surface area contributed by atoms with Gasteiger partial charge in [-0.1, -0.05) is 18.2 Å². The largest absolute Gasteiger partial charge is 0.451 e. The van der Waals surface area contributed by atoms with Crippen LogP contribution in [-0.2, 0) is 0 Å². The second kappa shape index (κ2) is 4.73. The number of amides is 1. The third-order valence-corrected chi connectivity index (χ3v) is 2.39. The molecule has 2 aromatic rings. The Hall–Kier alpha value is -1.95. The highest BCUT2D eigenvalue weighted by Gasteiger charge is 2.28. The van der Waals surface area contributed by atoms with E-state index in [4.69, 9.17) is 9.52 Å². The Balaban J connectivity index is 2.09. The summed E-state index contributed by atoms with van der Waals surface area (Å²) < 4.78 is 30.7. The molecule has 0 unspecified atom stereocenters. The van der Waals surface area contributed by atoms with Crippen LogP contribution in [0.1, 0.15) is 10.6 Å². The predicted molar refractivity (Wildman–Crippen MR) is 60.6 cm³/mol. The molecule has 0 radical (unpaired) electrons. The highest BCUT2D eigenvalue weighted by Crippen LogP contribution is 2.19. The minimum atomic E-state index is -3.33. The first-order valence-electron chi connectivity index (χ1n) is 5.27. The number of halogens is 2. The number of alkyl halides is 2. The number of hydrogen-bond donors (Lipinski definition) is 2. The van der Waals surface area contributed by atoms with Gasteiger partial charge in [-0.3, -0.25) is 4.79 Å². The van der Waals surface area contributed by atoms with E-state index in [1.54, 1.807) is 24.3 Å². The van der Waals surface area contributed by atoms with Crippen molar-refractivity contribution < 1.29 is 23.1 Å². The molecule has 0 aliphatic carbocycles. The van der Waals surface area contributed by atoms with E-state index in [9.17, 15) is 13.6 Å². The van der Waals surface area contributed by atoms with Gasteiger partial charge in [0.1, 0.15) is 12.2 Å². The lowest BCUT2D eigenvalue weighted by Gasteiger charge is -2.12. The Morgan fingerprint density at radius 2 is 2.11 bits per heavy atom. The standard InChI is InChI=1S/C12H11F2NO3/c13-12(14,7-16)6-15-11(17)10-5-8-3-1-2-4-9(8)18-10/h1-5,16H,6-7H2,(H,15,17). The lowest BCUT2D eigenvalue weighted by Crippen LogP contribution is -2.38. The molecule has 1 amide bonds. The smallest absolute Gasteiger partial charge is 0.287 e. The maximum absolute atomic E-state index is 12.7. The van der Waals surface area contributed by atoms with Crippen LogP contribution in [0, 0.1) is 0 Å². The summed E-state index contributed by atoms with van der Waals surface area (Å²) in [5.41, 5.74) is 0.511. The molecular weight excluding hydrogens is 244 g/mol. The summed E-state index contributed by atoms with van der Waals surface area (Å²) in [6.45, 7) is -2.24. The third kappa shape index (κ3) is 2.65. The van der Waals surface area contributed by atoms with Gasteiger partial charge < -0.3 is 14.8 Å². The summed E-state index contributed by atoms with van der Waals surface area (Å²) in [6.07, 6.45) is 0. The fourth-order valence-corrected chi connectivity index (χ4v) is 1.45. The van der Waals surface area contributed by atoms with Gasteiger partial charge in [0.25, 0.3) is 11.8 Å². The van der Waals surface area contributed by atoms with Crippen molar-refractivity contribution in [3.63, 3.8) is 0 Å². The highest BCUT2D eigenvalue weighted by atomic mass is 19.3. The molecule has 1 heterocycles. The zero-order chi connectivity index (χ0) is 13.2. The van der Waals surface area contributed by atoms with Gasteiger partial charge in [-0.15, -0.1) is 0 Å². The van der Waals surface area contributed by atoms with Crippen molar-refractivity contribution >= 4 is 16.9 Å². The van der Waals surface area contributed by atoms with Crippen molar-refractivity contribution in [1.82, 2.24) is 5.32 Å². The fraction of sp³-hybridized carbons (Fsp3) is 0.250. The molecule has 1 aromatic carbocycles. The van der Waals surface area contributed by atoms with Gasteiger partial charge in [0.2, 0.25) is 0 Å². The second-order valence-corrected chi connectivity index (χ2v) is 3.85. The number of nitrogens with one attached hydrogen (secondary N) is 1. The van der Waals surface area contributed by atoms with Crippen LogP contribution in [0.15, 0.2) is 34.7 Å². The zero-order valence-corrected chi connectivity index (χ0v) is 9.32. The Morgan fingerprint density at radius 1 is 1.39 bits per heavy atom. The first kappa shape index (κ1) is 12.5. The van der Waals surface area contributed by atoms with Crippen molar-refractivity contribution in [3.05, 3.63) is 36.1 Å². The predicted octanol–water partition coefficient (Wildman–Crippen LogP) is 1.79. The topological polar surface area (TPSA) is 62.5 Å². The first-order valence-corrected chi connectivity index (χ1v) is 5.27. The van der Waals surface area contributed by atoms with Gasteiger partial charge in [0, 0.05) is 5.39 Å². The van der Waals surface area contributed by atoms with Crippen molar-refractivity contribution in [2.24, 2.45) is 0 Å². The van der Waals surface area contributed by atoms with E-state index >= 15 is 0 Å². The molecule has 0 spiro atoms. The number of furan rings is 1. The third-order valence-electron chi connectivity index (χ3n) is 2.39. The lowest BCUT2D eigenvalue weighted by molar-refractivity contribution is -0.0463. The number of fused-ring (bicyclic) bond motifs is 1. The van der Waals surface area contributed by atoms with E-state index < -0.39 is 25.0 Å². The minimum Gasteiger partial charge on any atom is -0.451 e. The van der Waals surface area contributed by atoms with Crippen LogP contribution in [0.3, 0.4) is 0 Å². The number of hydrogen-bond acceptors (Lipinski definition) is 3. The lowest BCUT2D eigenvalue weighted by atomic mass is 10.2. The minimum absolute atomic E-state index is 0.0371. The average Bonchev–Trinajstić information content (AvgIpc) is 2.80. The summed E-state index contributed by atoms with van der Waals surface area (Å²) >= 11 is 0. The number of aliphatic hydroxyl groups is 1. The molecule has 4 nitrogen and oxygen atoms in total. The first-order chi connectivity index (χ1) is 8.52. The van der Waals surface area contributed by atoms with Crippen LogP contribution in [-0.4, -0.2) is 30.1 Å². The van der Waals surface area contributed by atoms with Crippen molar-refractivity contribution in [2.75, 3.05) is 13.2 Å². The average molecular weight is 255 g/mol. The molecule has 2 N–H and O–H groups in total.